The predicted molar refractivity (Wildman–Crippen MR) is 85.2 cm³/mol. The quantitative estimate of drug-likeness (QED) is 0.835. The molecule has 0 saturated heterocycles. The monoisotopic (exact) mass is 342 g/mol. The second kappa shape index (κ2) is 6.74. The maximum atomic E-state index is 13.2. The van der Waals surface area contributed by atoms with Crippen molar-refractivity contribution in [3.8, 4) is 0 Å². The molecule has 2 amide bonds. The molecule has 5 nitrogen and oxygen atoms in total. The van der Waals surface area contributed by atoms with Crippen molar-refractivity contribution in [1.29, 1.82) is 0 Å². The summed E-state index contributed by atoms with van der Waals surface area (Å²) in [5, 5.41) is 12.1. The van der Waals surface area contributed by atoms with Gasteiger partial charge in [-0.3, -0.25) is 4.79 Å². The van der Waals surface area contributed by atoms with Crippen LogP contribution < -0.4 is 5.32 Å². The number of carboxylic acids is 1. The van der Waals surface area contributed by atoms with E-state index < -0.39 is 11.9 Å². The number of urea groups is 1. The second-order valence-corrected chi connectivity index (χ2v) is 6.59. The number of aliphatic carboxylic acids is 1. The van der Waals surface area contributed by atoms with Crippen LogP contribution >= 0.6 is 11.6 Å². The fourth-order valence-corrected chi connectivity index (χ4v) is 2.93. The Bertz CT molecular complexity index is 619. The van der Waals surface area contributed by atoms with E-state index in [0.717, 1.165) is 18.4 Å². The van der Waals surface area contributed by atoms with Gasteiger partial charge in [0.1, 0.15) is 5.82 Å². The molecule has 0 bridgehead atoms. The molecule has 1 atom stereocenters. The van der Waals surface area contributed by atoms with Gasteiger partial charge in [-0.1, -0.05) is 24.6 Å². The van der Waals surface area contributed by atoms with Gasteiger partial charge in [0.25, 0.3) is 0 Å². The van der Waals surface area contributed by atoms with Crippen LogP contribution in [-0.2, 0) is 10.2 Å². The van der Waals surface area contributed by atoms with Gasteiger partial charge in [0.15, 0.2) is 0 Å². The summed E-state index contributed by atoms with van der Waals surface area (Å²) in [6.07, 6.45) is 1.74. The average Bonchev–Trinajstić information content (AvgIpc) is 3.25. The van der Waals surface area contributed by atoms with Crippen LogP contribution in [-0.4, -0.2) is 42.1 Å². The summed E-state index contributed by atoms with van der Waals surface area (Å²) < 4.78 is 13.2. The first kappa shape index (κ1) is 17.5. The smallest absolute Gasteiger partial charge is 0.317 e. The Balaban J connectivity index is 1.94. The second-order valence-electron chi connectivity index (χ2n) is 6.18. The van der Waals surface area contributed by atoms with Gasteiger partial charge in [0.05, 0.1) is 5.92 Å². The van der Waals surface area contributed by atoms with Crippen molar-refractivity contribution >= 4 is 23.6 Å². The van der Waals surface area contributed by atoms with E-state index in [0.29, 0.717) is 11.6 Å². The molecule has 1 fully saturated rings. The number of nitrogens with zero attached hydrogens (tertiary/aromatic N) is 1. The predicted octanol–water partition coefficient (Wildman–Crippen LogP) is 2.87. The van der Waals surface area contributed by atoms with Crippen molar-refractivity contribution in [3.05, 3.63) is 34.6 Å². The molecule has 126 valence electrons. The molecule has 1 aliphatic carbocycles. The largest absolute Gasteiger partial charge is 0.481 e. The SMILES string of the molecule is CC(CN(C)C(=O)NCC1(c2ccc(F)cc2Cl)CC1)C(=O)O. The number of carbonyl (C=O) groups is 2. The lowest BCUT2D eigenvalue weighted by molar-refractivity contribution is -0.141. The van der Waals surface area contributed by atoms with Crippen LogP contribution in [0.15, 0.2) is 18.2 Å². The van der Waals surface area contributed by atoms with Gasteiger partial charge in [-0.05, 0) is 30.5 Å². The van der Waals surface area contributed by atoms with Gasteiger partial charge < -0.3 is 15.3 Å². The third-order valence-corrected chi connectivity index (χ3v) is 4.56. The lowest BCUT2D eigenvalue weighted by atomic mass is 9.96. The Morgan fingerprint density at radius 3 is 2.65 bits per heavy atom. The normalized spacial score (nSPS) is 16.5. The van der Waals surface area contributed by atoms with Crippen LogP contribution in [0.4, 0.5) is 9.18 Å². The zero-order chi connectivity index (χ0) is 17.2. The zero-order valence-corrected chi connectivity index (χ0v) is 13.9. The summed E-state index contributed by atoms with van der Waals surface area (Å²) >= 11 is 6.11. The topological polar surface area (TPSA) is 69.6 Å². The first-order valence-electron chi connectivity index (χ1n) is 7.42. The van der Waals surface area contributed by atoms with Gasteiger partial charge in [-0.25, -0.2) is 9.18 Å². The summed E-state index contributed by atoms with van der Waals surface area (Å²) in [6.45, 7) is 2.07. The standard InChI is InChI=1S/C16H20ClFN2O3/c1-10(14(21)22)8-20(2)15(23)19-9-16(5-6-16)12-4-3-11(18)7-13(12)17/h3-4,7,10H,5-6,8-9H2,1-2H3,(H,19,23)(H,21,22). The highest BCUT2D eigenvalue weighted by molar-refractivity contribution is 6.31. The highest BCUT2D eigenvalue weighted by Gasteiger charge is 2.45. The van der Waals surface area contributed by atoms with Crippen molar-refractivity contribution < 1.29 is 19.1 Å². The molecule has 0 heterocycles. The van der Waals surface area contributed by atoms with Crippen LogP contribution in [0.5, 0.6) is 0 Å². The fourth-order valence-electron chi connectivity index (χ4n) is 2.56. The Labute approximate surface area is 139 Å². The van der Waals surface area contributed by atoms with E-state index in [-0.39, 0.29) is 23.8 Å². The summed E-state index contributed by atoms with van der Waals surface area (Å²) in [7, 11) is 1.55. The van der Waals surface area contributed by atoms with Gasteiger partial charge >= 0.3 is 12.0 Å². The van der Waals surface area contributed by atoms with Gasteiger partial charge in [0, 0.05) is 30.6 Å². The number of carboxylic acid groups (broad SMARTS) is 1. The average molecular weight is 343 g/mol. The molecule has 1 aromatic rings. The van der Waals surface area contributed by atoms with Gasteiger partial charge in [0.2, 0.25) is 0 Å². The molecule has 1 unspecified atom stereocenters. The van der Waals surface area contributed by atoms with Crippen LogP contribution in [0.1, 0.15) is 25.3 Å². The minimum atomic E-state index is -0.943. The molecule has 7 heteroatoms. The van der Waals surface area contributed by atoms with Crippen molar-refractivity contribution in [2.45, 2.75) is 25.2 Å². The van der Waals surface area contributed by atoms with Crippen molar-refractivity contribution in [2.24, 2.45) is 5.92 Å². The number of nitrogens with one attached hydrogen (secondary N) is 1. The highest BCUT2D eigenvalue weighted by atomic mass is 35.5. The Kier molecular flexibility index (Phi) is 5.14. The molecule has 1 aromatic carbocycles. The summed E-state index contributed by atoms with van der Waals surface area (Å²) in [5.74, 6) is -1.96. The lowest BCUT2D eigenvalue weighted by Crippen LogP contribution is -2.43. The number of hydrogen-bond acceptors (Lipinski definition) is 2. The van der Waals surface area contributed by atoms with E-state index in [9.17, 15) is 14.0 Å². The molecule has 0 aromatic heterocycles. The minimum absolute atomic E-state index is 0.130. The number of benzene rings is 1. The molecule has 1 aliphatic rings. The Hall–Kier alpha value is -1.82. The molecule has 0 radical (unpaired) electrons. The van der Waals surface area contributed by atoms with Crippen molar-refractivity contribution in [2.75, 3.05) is 20.1 Å². The molecule has 0 aliphatic heterocycles. The van der Waals surface area contributed by atoms with E-state index in [1.54, 1.807) is 20.0 Å². The van der Waals surface area contributed by atoms with Gasteiger partial charge in [-0.15, -0.1) is 0 Å². The molecule has 23 heavy (non-hydrogen) atoms. The third-order valence-electron chi connectivity index (χ3n) is 4.25. The van der Waals surface area contributed by atoms with Crippen LogP contribution in [0.25, 0.3) is 0 Å². The molecular formula is C16H20ClFN2O3. The van der Waals surface area contributed by atoms with E-state index in [1.807, 2.05) is 0 Å². The Morgan fingerprint density at radius 2 is 2.13 bits per heavy atom. The third kappa shape index (κ3) is 4.13. The number of hydrogen-bond donors (Lipinski definition) is 2. The summed E-state index contributed by atoms with van der Waals surface area (Å²) in [6, 6.07) is 3.97. The van der Waals surface area contributed by atoms with Crippen LogP contribution in [0.3, 0.4) is 0 Å². The van der Waals surface area contributed by atoms with Crippen molar-refractivity contribution in [3.63, 3.8) is 0 Å². The zero-order valence-electron chi connectivity index (χ0n) is 13.1. The highest BCUT2D eigenvalue weighted by Crippen LogP contribution is 2.50. The molecule has 1 saturated carbocycles. The molecule has 2 N–H and O–H groups in total. The maximum Gasteiger partial charge on any atom is 0.317 e. The first-order chi connectivity index (χ1) is 10.7. The maximum absolute atomic E-state index is 13.2. The Morgan fingerprint density at radius 1 is 1.48 bits per heavy atom. The van der Waals surface area contributed by atoms with E-state index in [1.165, 1.54) is 17.0 Å². The fraction of sp³-hybridized carbons (Fsp3) is 0.500. The molecule has 2 rings (SSSR count). The van der Waals surface area contributed by atoms with E-state index in [2.05, 4.69) is 5.32 Å². The summed E-state index contributed by atoms with van der Waals surface area (Å²) in [4.78, 5) is 24.3. The number of carbonyl (C=O) groups excluding carboxylic acids is 1. The van der Waals surface area contributed by atoms with E-state index in [4.69, 9.17) is 16.7 Å². The summed E-state index contributed by atoms with van der Waals surface area (Å²) in [5.41, 5.74) is 0.585. The van der Waals surface area contributed by atoms with Crippen LogP contribution in [0, 0.1) is 11.7 Å². The number of rotatable bonds is 6. The lowest BCUT2D eigenvalue weighted by Gasteiger charge is -2.23. The number of halogens is 2. The minimum Gasteiger partial charge on any atom is -0.481 e. The molecular weight excluding hydrogens is 323 g/mol. The van der Waals surface area contributed by atoms with Crippen LogP contribution in [0.2, 0.25) is 5.02 Å². The van der Waals surface area contributed by atoms with Crippen molar-refractivity contribution in [1.82, 2.24) is 10.2 Å². The van der Waals surface area contributed by atoms with Gasteiger partial charge in [-0.2, -0.15) is 0 Å². The molecule has 0 spiro atoms. The van der Waals surface area contributed by atoms with E-state index >= 15 is 0 Å². The number of amides is 2. The first-order valence-corrected chi connectivity index (χ1v) is 7.80.